The van der Waals surface area contributed by atoms with E-state index in [1.165, 1.54) is 0 Å². The van der Waals surface area contributed by atoms with Crippen LogP contribution in [0.2, 0.25) is 0 Å². The molecule has 0 fully saturated rings. The number of alkyl halides is 1. The van der Waals surface area contributed by atoms with Crippen molar-refractivity contribution in [2.75, 3.05) is 5.33 Å². The lowest BCUT2D eigenvalue weighted by atomic mass is 9.12. The van der Waals surface area contributed by atoms with E-state index in [2.05, 4.69) is 15.9 Å². The van der Waals surface area contributed by atoms with E-state index in [0.29, 0.717) is 11.3 Å². The molecule has 0 saturated heterocycles. The van der Waals surface area contributed by atoms with E-state index in [-0.39, 0.29) is 23.4 Å². The van der Waals surface area contributed by atoms with Gasteiger partial charge in [0.25, 0.3) is 5.69 Å². The predicted octanol–water partition coefficient (Wildman–Crippen LogP) is 9.43. The summed E-state index contributed by atoms with van der Waals surface area (Å²) in [5.41, 5.74) is -13.1. The van der Waals surface area contributed by atoms with Crippen molar-refractivity contribution in [3.8, 4) is 0 Å². The van der Waals surface area contributed by atoms with Crippen LogP contribution in [-0.4, -0.2) is 23.0 Å². The van der Waals surface area contributed by atoms with Gasteiger partial charge in [-0.15, -0.1) is 21.9 Å². The number of hydrogen-bond acceptors (Lipinski definition) is 2. The van der Waals surface area contributed by atoms with Gasteiger partial charge >= 0.3 is 0 Å². The molecule has 0 aliphatic heterocycles. The number of ketones is 2. The number of fused-ring (bicyclic) bond motifs is 1. The maximum Gasteiger partial charge on any atom is 0.257 e. The number of pyridine rings is 1. The average molecular weight is 1050 g/mol. The second kappa shape index (κ2) is 19.1. The van der Waals surface area contributed by atoms with E-state index in [1.807, 2.05) is 48.5 Å². The molecular weight excluding hydrogens is 1030 g/mol. The molecule has 3 nitrogen and oxygen atoms in total. The summed E-state index contributed by atoms with van der Waals surface area (Å²) in [4.78, 5) is 24.9. The maximum atomic E-state index is 15.4. The van der Waals surface area contributed by atoms with Gasteiger partial charge in [-0.3, -0.25) is 9.59 Å². The summed E-state index contributed by atoms with van der Waals surface area (Å²) in [6.45, 7) is 0.142. The zero-order chi connectivity index (χ0) is 50.6. The van der Waals surface area contributed by atoms with Crippen molar-refractivity contribution >= 4 is 66.3 Å². The number of nitrogens with zero attached hydrogens (tertiary/aromatic N) is 1. The Kier molecular flexibility index (Phi) is 14.2. The number of halogens is 21. The zero-order valence-electron chi connectivity index (χ0n) is 32.5. The molecule has 6 aromatic carbocycles. The molecule has 0 aliphatic rings. The maximum absolute atomic E-state index is 15.4. The molecule has 0 saturated carbocycles. The number of hydrogen-bond donors (Lipinski definition) is 0. The second-order valence-corrected chi connectivity index (χ2v) is 14.6. The first-order valence-corrected chi connectivity index (χ1v) is 19.3. The summed E-state index contributed by atoms with van der Waals surface area (Å²) in [7, 11) is 0. The minimum absolute atomic E-state index is 0.0190. The van der Waals surface area contributed by atoms with Crippen molar-refractivity contribution < 1.29 is 102 Å². The lowest BCUT2D eigenvalue weighted by molar-refractivity contribution is -0.683. The molecule has 7 aromatic rings. The van der Waals surface area contributed by atoms with Crippen LogP contribution in [-0.2, 0) is 6.54 Å². The SMILES string of the molecule is Fc1c(F)c(F)c([B-](c2c(F)c(F)c(F)c(F)c2F)(c2c(F)c(F)c(F)c(F)c2F)c2c(F)c(F)c(F)c(F)c2F)c(F)c1F.O=C(C[n+]1ccc2ccccc2c1C(=O)CBr)c1ccccc1. The minimum Gasteiger partial charge on any atom is -0.287 e. The first-order chi connectivity index (χ1) is 31.9. The molecule has 0 bridgehead atoms. The van der Waals surface area contributed by atoms with Gasteiger partial charge in [-0.2, -0.15) is 4.57 Å². The van der Waals surface area contributed by atoms with Crippen LogP contribution in [0.3, 0.4) is 0 Å². The summed E-state index contributed by atoms with van der Waals surface area (Å²) in [6.07, 6.45) is -5.41. The van der Waals surface area contributed by atoms with Crippen molar-refractivity contribution in [1.82, 2.24) is 0 Å². The quantitative estimate of drug-likeness (QED) is 0.0275. The summed E-state index contributed by atoms with van der Waals surface area (Å²) < 4.78 is 296. The van der Waals surface area contributed by atoms with Crippen molar-refractivity contribution in [2.45, 2.75) is 6.54 Å². The Morgan fingerprint density at radius 2 is 0.676 bits per heavy atom. The number of rotatable bonds is 9. The van der Waals surface area contributed by atoms with E-state index in [0.717, 1.165) is 10.8 Å². The van der Waals surface area contributed by atoms with Crippen LogP contribution >= 0.6 is 15.9 Å². The molecule has 0 N–H and O–H groups in total. The van der Waals surface area contributed by atoms with E-state index in [1.54, 1.807) is 22.9 Å². The lowest BCUT2D eigenvalue weighted by Gasteiger charge is -2.44. The van der Waals surface area contributed by atoms with Gasteiger partial charge < -0.3 is 0 Å². The average Bonchev–Trinajstić information content (AvgIpc) is 3.33. The Bertz CT molecular complexity index is 2860. The molecule has 1 aromatic heterocycles. The third-order valence-electron chi connectivity index (χ3n) is 10.4. The van der Waals surface area contributed by atoms with Crippen LogP contribution in [0.5, 0.6) is 0 Å². The predicted molar refractivity (Wildman–Crippen MR) is 202 cm³/mol. The zero-order valence-corrected chi connectivity index (χ0v) is 34.1. The molecule has 354 valence electrons. The number of carbonyl (C=O) groups is 2. The minimum atomic E-state index is -7.22. The largest absolute Gasteiger partial charge is 0.287 e. The summed E-state index contributed by atoms with van der Waals surface area (Å²) in [6, 6.07) is 18.8. The van der Waals surface area contributed by atoms with Crippen LogP contribution in [0, 0.1) is 116 Å². The molecule has 68 heavy (non-hydrogen) atoms. The third-order valence-corrected chi connectivity index (χ3v) is 10.9. The molecule has 0 unspecified atom stereocenters. The topological polar surface area (TPSA) is 38.0 Å². The van der Waals surface area contributed by atoms with Crippen LogP contribution in [0.1, 0.15) is 20.8 Å². The van der Waals surface area contributed by atoms with Gasteiger partial charge in [0.15, 0.2) is 76.0 Å². The number of aromatic nitrogens is 1. The Labute approximate surface area is 373 Å². The standard InChI is InChI=1S/C24BF20.C19H15BrNO2/c26-5-1(6(27)14(35)21(42)13(5)34)25(2-7(28)15(36)22(43)16(37)8(2)29,3-9(30)17(38)23(44)18(39)10(3)31)4-11(32)19(40)24(45)20(41)12(4)33;20-12-17(22)19-16-9-5-4-6-14(16)10-11-21(19)13-18(23)15-7-2-1-3-8-15/h;1-11H,12-13H2/q-1;+1. The summed E-state index contributed by atoms with van der Waals surface area (Å²) in [5.74, 6) is -71.5. The van der Waals surface area contributed by atoms with Gasteiger partial charge in [0.1, 0.15) is 52.7 Å². The Balaban J connectivity index is 0.000000276. The molecule has 0 spiro atoms. The van der Waals surface area contributed by atoms with Crippen molar-refractivity contribution in [3.63, 3.8) is 0 Å². The highest BCUT2D eigenvalue weighted by Crippen LogP contribution is 2.31. The van der Waals surface area contributed by atoms with Crippen LogP contribution in [0.15, 0.2) is 66.9 Å². The number of carbonyl (C=O) groups excluding carboxylic acids is 2. The third kappa shape index (κ3) is 7.92. The van der Waals surface area contributed by atoms with Gasteiger partial charge in [0, 0.05) is 11.6 Å². The fourth-order valence-corrected chi connectivity index (χ4v) is 7.77. The summed E-state index contributed by atoms with van der Waals surface area (Å²) in [5, 5.41) is 2.07. The van der Waals surface area contributed by atoms with Crippen LogP contribution in [0.25, 0.3) is 10.8 Å². The van der Waals surface area contributed by atoms with E-state index in [9.17, 15) is 62.3 Å². The van der Waals surface area contributed by atoms with Gasteiger partial charge in [0.05, 0.1) is 10.7 Å². The first kappa shape index (κ1) is 50.6. The molecule has 1 heterocycles. The molecule has 0 atom stereocenters. The van der Waals surface area contributed by atoms with Crippen LogP contribution < -0.4 is 26.4 Å². The second-order valence-electron chi connectivity index (χ2n) is 14.0. The van der Waals surface area contributed by atoms with E-state index >= 15 is 35.1 Å². The summed E-state index contributed by atoms with van der Waals surface area (Å²) >= 11 is 3.23. The highest BCUT2D eigenvalue weighted by atomic mass is 79.9. The normalized spacial score (nSPS) is 11.5. The molecular formula is C43H15BBrF20NO2. The van der Waals surface area contributed by atoms with E-state index < -0.39 is 144 Å². The Morgan fingerprint density at radius 1 is 0.382 bits per heavy atom. The van der Waals surface area contributed by atoms with Crippen molar-refractivity contribution in [2.24, 2.45) is 0 Å². The van der Waals surface area contributed by atoms with Gasteiger partial charge in [-0.1, -0.05) is 64.5 Å². The Morgan fingerprint density at radius 3 is 1.00 bits per heavy atom. The Hall–Kier alpha value is -6.79. The lowest BCUT2D eigenvalue weighted by Crippen LogP contribution is -2.81. The van der Waals surface area contributed by atoms with Crippen LogP contribution in [0.4, 0.5) is 87.8 Å². The monoisotopic (exact) mass is 1050 g/mol. The number of Topliss-reactive ketones (excluding diaryl/α,β-unsaturated/α-hetero) is 2. The smallest absolute Gasteiger partial charge is 0.257 e. The highest BCUT2D eigenvalue weighted by Gasteiger charge is 2.52. The van der Waals surface area contributed by atoms with Gasteiger partial charge in [-0.05, 0) is 11.5 Å². The molecule has 0 aliphatic carbocycles. The van der Waals surface area contributed by atoms with E-state index in [4.69, 9.17) is 0 Å². The fourth-order valence-electron chi connectivity index (χ4n) is 7.51. The number of benzene rings is 6. The molecule has 0 amide bonds. The van der Waals surface area contributed by atoms with Gasteiger partial charge in [-0.25, -0.2) is 87.8 Å². The molecule has 25 heteroatoms. The van der Waals surface area contributed by atoms with Crippen molar-refractivity contribution in [3.05, 3.63) is 194 Å². The first-order valence-electron chi connectivity index (χ1n) is 18.2. The molecule has 0 radical (unpaired) electrons. The molecule has 7 rings (SSSR count). The van der Waals surface area contributed by atoms with Crippen molar-refractivity contribution in [1.29, 1.82) is 0 Å². The van der Waals surface area contributed by atoms with Gasteiger partial charge in [0.2, 0.25) is 18.1 Å². The fraction of sp³-hybridized carbons (Fsp3) is 0.0465. The highest BCUT2D eigenvalue weighted by molar-refractivity contribution is 9.09.